The monoisotopic (exact) mass is 393 g/mol. The number of alkyl halides is 2. The first-order valence-electron chi connectivity index (χ1n) is 7.50. The van der Waals surface area contributed by atoms with E-state index in [1.165, 1.54) is 0 Å². The summed E-state index contributed by atoms with van der Waals surface area (Å²) in [6.45, 7) is 3.99. The Bertz CT molecular complexity index is 505. The summed E-state index contributed by atoms with van der Waals surface area (Å²) in [6, 6.07) is -1.22. The number of rotatable bonds is 7. The number of aliphatic hydroxyl groups is 1. The van der Waals surface area contributed by atoms with E-state index in [4.69, 9.17) is 5.73 Å². The fourth-order valence-corrected chi connectivity index (χ4v) is 3.44. The molecule has 2 unspecified atom stereocenters. The van der Waals surface area contributed by atoms with Gasteiger partial charge < -0.3 is 16.2 Å². The molecule has 2 atom stereocenters. The predicted octanol–water partition coefficient (Wildman–Crippen LogP) is -0.766. The number of hydrogen-bond acceptors (Lipinski definition) is 6. The maximum atomic E-state index is 13.9. The molecule has 144 valence electrons. The third-order valence-electron chi connectivity index (χ3n) is 3.96. The van der Waals surface area contributed by atoms with Gasteiger partial charge in [-0.3, -0.25) is 9.69 Å². The lowest BCUT2D eigenvalue weighted by atomic mass is 9.95. The van der Waals surface area contributed by atoms with Crippen molar-refractivity contribution in [2.45, 2.75) is 31.9 Å². The first kappa shape index (κ1) is 23.4. The second-order valence-corrected chi connectivity index (χ2v) is 8.44. The molecule has 0 spiro atoms. The Labute approximate surface area is 147 Å². The zero-order valence-corrected chi connectivity index (χ0v) is 15.4. The van der Waals surface area contributed by atoms with Crippen LogP contribution in [0.15, 0.2) is 0 Å². The maximum Gasteiger partial charge on any atom is 0.351 e. The van der Waals surface area contributed by atoms with E-state index in [0.717, 1.165) is 0 Å². The minimum atomic E-state index is -3.98. The molecule has 0 aliphatic carbocycles. The number of nitrogens with one attached hydrogen (secondary N) is 1. The molecule has 0 saturated carbocycles. The van der Waals surface area contributed by atoms with Crippen molar-refractivity contribution in [3.05, 3.63) is 0 Å². The van der Waals surface area contributed by atoms with Gasteiger partial charge in [-0.15, -0.1) is 12.4 Å². The molecule has 1 rings (SSSR count). The van der Waals surface area contributed by atoms with E-state index in [9.17, 15) is 27.1 Å². The van der Waals surface area contributed by atoms with Crippen molar-refractivity contribution in [1.82, 2.24) is 10.2 Å². The maximum absolute atomic E-state index is 13.9. The highest BCUT2D eigenvalue weighted by Gasteiger charge is 2.49. The van der Waals surface area contributed by atoms with Gasteiger partial charge in [0.05, 0.1) is 11.5 Å². The SMILES string of the molecule is CC(C)C(N)C(O)C(F)(F)C(=O)NCCN1CCS(=O)(=O)CC1.Cl. The number of halogens is 3. The van der Waals surface area contributed by atoms with Crippen molar-refractivity contribution >= 4 is 28.2 Å². The Morgan fingerprint density at radius 2 is 1.83 bits per heavy atom. The summed E-state index contributed by atoms with van der Waals surface area (Å²) in [5, 5.41) is 11.6. The highest BCUT2D eigenvalue weighted by Crippen LogP contribution is 2.23. The quantitative estimate of drug-likeness (QED) is 0.524. The van der Waals surface area contributed by atoms with E-state index in [0.29, 0.717) is 13.1 Å². The van der Waals surface area contributed by atoms with Gasteiger partial charge in [0, 0.05) is 32.2 Å². The van der Waals surface area contributed by atoms with Crippen molar-refractivity contribution in [3.8, 4) is 0 Å². The van der Waals surface area contributed by atoms with E-state index in [1.807, 2.05) is 0 Å². The topological polar surface area (TPSA) is 113 Å². The molecule has 11 heteroatoms. The van der Waals surface area contributed by atoms with E-state index in [1.54, 1.807) is 18.7 Å². The number of amides is 1. The van der Waals surface area contributed by atoms with Crippen LogP contribution in [-0.2, 0) is 14.6 Å². The normalized spacial score (nSPS) is 21.0. The number of sulfone groups is 1. The van der Waals surface area contributed by atoms with Crippen LogP contribution in [0.4, 0.5) is 8.78 Å². The summed E-state index contributed by atoms with van der Waals surface area (Å²) in [4.78, 5) is 13.4. The summed E-state index contributed by atoms with van der Waals surface area (Å²) in [5.74, 6) is -5.91. The fraction of sp³-hybridized carbons (Fsp3) is 0.923. The molecule has 1 amide bonds. The van der Waals surface area contributed by atoms with Crippen LogP contribution in [0, 0.1) is 5.92 Å². The van der Waals surface area contributed by atoms with E-state index in [2.05, 4.69) is 5.32 Å². The highest BCUT2D eigenvalue weighted by atomic mass is 35.5. The van der Waals surface area contributed by atoms with Crippen LogP contribution in [0.5, 0.6) is 0 Å². The minimum absolute atomic E-state index is 0. The molecule has 4 N–H and O–H groups in total. The van der Waals surface area contributed by atoms with Crippen LogP contribution >= 0.6 is 12.4 Å². The molecule has 7 nitrogen and oxygen atoms in total. The van der Waals surface area contributed by atoms with Gasteiger partial charge in [-0.25, -0.2) is 8.42 Å². The molecule has 0 aromatic heterocycles. The molecule has 1 aliphatic rings. The summed E-state index contributed by atoms with van der Waals surface area (Å²) in [6.07, 6.45) is -2.26. The number of carbonyl (C=O) groups excluding carboxylic acids is 1. The summed E-state index contributed by atoms with van der Waals surface area (Å²) in [5.41, 5.74) is 5.48. The number of nitrogens with zero attached hydrogens (tertiary/aromatic N) is 1. The van der Waals surface area contributed by atoms with Crippen molar-refractivity contribution in [2.24, 2.45) is 11.7 Å². The Morgan fingerprint density at radius 1 is 1.33 bits per heavy atom. The van der Waals surface area contributed by atoms with E-state index < -0.39 is 39.7 Å². The van der Waals surface area contributed by atoms with Gasteiger partial charge in [0.1, 0.15) is 6.10 Å². The Hall–Kier alpha value is -0.550. The Morgan fingerprint density at radius 3 is 2.29 bits per heavy atom. The van der Waals surface area contributed by atoms with Crippen LogP contribution in [0.3, 0.4) is 0 Å². The average molecular weight is 394 g/mol. The predicted molar refractivity (Wildman–Crippen MR) is 89.1 cm³/mol. The Balaban J connectivity index is 0.00000529. The largest absolute Gasteiger partial charge is 0.385 e. The second-order valence-electron chi connectivity index (χ2n) is 6.14. The Kier molecular flexibility index (Phi) is 9.02. The van der Waals surface area contributed by atoms with E-state index in [-0.39, 0.29) is 37.0 Å². The summed E-state index contributed by atoms with van der Waals surface area (Å²) >= 11 is 0. The van der Waals surface area contributed by atoms with E-state index >= 15 is 0 Å². The summed E-state index contributed by atoms with van der Waals surface area (Å²) < 4.78 is 50.2. The smallest absolute Gasteiger partial charge is 0.351 e. The van der Waals surface area contributed by atoms with Crippen molar-refractivity contribution in [3.63, 3.8) is 0 Å². The second kappa shape index (κ2) is 9.23. The molecule has 0 aromatic carbocycles. The number of carbonyl (C=O) groups is 1. The van der Waals surface area contributed by atoms with Gasteiger partial charge in [-0.1, -0.05) is 13.8 Å². The van der Waals surface area contributed by atoms with Gasteiger partial charge in [-0.05, 0) is 5.92 Å². The number of hydrogen-bond donors (Lipinski definition) is 3. The molecule has 24 heavy (non-hydrogen) atoms. The standard InChI is InChI=1S/C13H25F2N3O4S.ClH/c1-9(2)10(16)11(19)13(14,15)12(20)17-3-4-18-5-7-23(21,22)8-6-18;/h9-11,19H,3-8,16H2,1-2H3,(H,17,20);1H. The first-order chi connectivity index (χ1) is 10.5. The number of nitrogens with two attached hydrogens (primary N) is 1. The molecule has 0 bridgehead atoms. The lowest BCUT2D eigenvalue weighted by Gasteiger charge is -2.29. The van der Waals surface area contributed by atoms with Crippen molar-refractivity contribution in [2.75, 3.05) is 37.7 Å². The molecule has 0 aromatic rings. The van der Waals surface area contributed by atoms with Crippen LogP contribution in [0.2, 0.25) is 0 Å². The third-order valence-corrected chi connectivity index (χ3v) is 5.57. The fourth-order valence-electron chi connectivity index (χ4n) is 2.16. The lowest BCUT2D eigenvalue weighted by Crippen LogP contribution is -2.57. The molecule has 0 radical (unpaired) electrons. The van der Waals surface area contributed by atoms with Gasteiger partial charge in [0.25, 0.3) is 5.91 Å². The van der Waals surface area contributed by atoms with Gasteiger partial charge >= 0.3 is 5.92 Å². The van der Waals surface area contributed by atoms with Gasteiger partial charge in [-0.2, -0.15) is 8.78 Å². The zero-order valence-electron chi connectivity index (χ0n) is 13.7. The molecular formula is C13H26ClF2N3O4S. The lowest BCUT2D eigenvalue weighted by molar-refractivity contribution is -0.167. The summed E-state index contributed by atoms with van der Waals surface area (Å²) in [7, 11) is -3.01. The van der Waals surface area contributed by atoms with Gasteiger partial charge in [0.2, 0.25) is 0 Å². The van der Waals surface area contributed by atoms with Crippen LogP contribution in [0.1, 0.15) is 13.8 Å². The molecule has 1 heterocycles. The minimum Gasteiger partial charge on any atom is -0.385 e. The van der Waals surface area contributed by atoms with Gasteiger partial charge in [0.15, 0.2) is 9.84 Å². The van der Waals surface area contributed by atoms with Crippen LogP contribution in [-0.4, -0.2) is 80.1 Å². The number of aliphatic hydroxyl groups excluding tert-OH is 1. The third kappa shape index (κ3) is 6.40. The highest BCUT2D eigenvalue weighted by molar-refractivity contribution is 7.91. The average Bonchev–Trinajstić information content (AvgIpc) is 2.46. The molecule has 1 saturated heterocycles. The molecule has 1 aliphatic heterocycles. The van der Waals surface area contributed by atoms with Crippen molar-refractivity contribution in [1.29, 1.82) is 0 Å². The van der Waals surface area contributed by atoms with Crippen molar-refractivity contribution < 1.29 is 27.1 Å². The van der Waals surface area contributed by atoms with Crippen LogP contribution < -0.4 is 11.1 Å². The van der Waals surface area contributed by atoms with Crippen LogP contribution in [0.25, 0.3) is 0 Å². The zero-order chi connectivity index (χ0) is 17.8. The molecular weight excluding hydrogens is 368 g/mol. The first-order valence-corrected chi connectivity index (χ1v) is 9.32. The molecule has 1 fully saturated rings.